The van der Waals surface area contributed by atoms with Crippen molar-refractivity contribution < 1.29 is 18.0 Å². The van der Waals surface area contributed by atoms with Crippen LogP contribution in [0.1, 0.15) is 24.4 Å². The average molecular weight is 385 g/mol. The molecule has 0 bridgehead atoms. The van der Waals surface area contributed by atoms with E-state index in [2.05, 4.69) is 10.2 Å². The Morgan fingerprint density at radius 2 is 1.77 bits per heavy atom. The monoisotopic (exact) mass is 384 g/mol. The van der Waals surface area contributed by atoms with E-state index in [1.807, 2.05) is 25.2 Å². The van der Waals surface area contributed by atoms with Gasteiger partial charge in [0, 0.05) is 5.02 Å². The first-order chi connectivity index (χ1) is 12.2. The fourth-order valence-corrected chi connectivity index (χ4v) is 3.67. The van der Waals surface area contributed by atoms with Crippen LogP contribution in [0.25, 0.3) is 10.8 Å². The summed E-state index contributed by atoms with van der Waals surface area (Å²) in [6.07, 6.45) is -3.43. The van der Waals surface area contributed by atoms with Crippen LogP contribution < -0.4 is 5.32 Å². The summed E-state index contributed by atoms with van der Waals surface area (Å²) in [6, 6.07) is 10.2. The van der Waals surface area contributed by atoms with E-state index < -0.39 is 18.1 Å². The van der Waals surface area contributed by atoms with Gasteiger partial charge in [0.15, 0.2) is 0 Å². The summed E-state index contributed by atoms with van der Waals surface area (Å²) in [6.45, 7) is 1.60. The van der Waals surface area contributed by atoms with E-state index in [-0.39, 0.29) is 5.92 Å². The number of alkyl halides is 3. The van der Waals surface area contributed by atoms with Gasteiger partial charge in [0.05, 0.1) is 6.04 Å². The van der Waals surface area contributed by atoms with Crippen LogP contribution in [0.4, 0.5) is 13.2 Å². The number of halogens is 4. The largest absolute Gasteiger partial charge is 0.471 e. The fourth-order valence-electron chi connectivity index (χ4n) is 3.49. The molecular weight excluding hydrogens is 365 g/mol. The molecule has 26 heavy (non-hydrogen) atoms. The number of benzene rings is 2. The normalized spacial score (nSPS) is 18.0. The number of hydrogen-bond acceptors (Lipinski definition) is 2. The van der Waals surface area contributed by atoms with Crippen molar-refractivity contribution in [3.8, 4) is 0 Å². The van der Waals surface area contributed by atoms with Gasteiger partial charge in [-0.15, -0.1) is 0 Å². The predicted molar refractivity (Wildman–Crippen MR) is 96.1 cm³/mol. The average Bonchev–Trinajstić information content (AvgIpc) is 2.59. The van der Waals surface area contributed by atoms with E-state index in [0.29, 0.717) is 10.6 Å². The number of amides is 1. The van der Waals surface area contributed by atoms with E-state index in [9.17, 15) is 18.0 Å². The number of nitrogens with zero attached hydrogens (tertiary/aromatic N) is 1. The Hall–Kier alpha value is -1.79. The van der Waals surface area contributed by atoms with Gasteiger partial charge in [0.2, 0.25) is 0 Å². The number of fused-ring (bicyclic) bond motifs is 1. The highest BCUT2D eigenvalue weighted by Gasteiger charge is 2.41. The Labute approximate surface area is 155 Å². The van der Waals surface area contributed by atoms with E-state index in [0.717, 1.165) is 36.7 Å². The third-order valence-electron chi connectivity index (χ3n) is 4.96. The van der Waals surface area contributed by atoms with Crippen LogP contribution in [0.3, 0.4) is 0 Å². The zero-order valence-corrected chi connectivity index (χ0v) is 15.1. The molecule has 1 saturated heterocycles. The first kappa shape index (κ1) is 19.0. The molecule has 1 amide bonds. The molecule has 2 aromatic carbocycles. The van der Waals surface area contributed by atoms with Gasteiger partial charge < -0.3 is 10.2 Å². The van der Waals surface area contributed by atoms with Crippen molar-refractivity contribution in [1.29, 1.82) is 0 Å². The van der Waals surface area contributed by atoms with Crippen molar-refractivity contribution in [1.82, 2.24) is 10.2 Å². The number of carbonyl (C=O) groups is 1. The van der Waals surface area contributed by atoms with Gasteiger partial charge in [0.25, 0.3) is 0 Å². The third kappa shape index (κ3) is 4.30. The summed E-state index contributed by atoms with van der Waals surface area (Å²) in [4.78, 5) is 13.7. The quantitative estimate of drug-likeness (QED) is 0.841. The van der Waals surface area contributed by atoms with Crippen molar-refractivity contribution >= 4 is 28.3 Å². The Kier molecular flexibility index (Phi) is 5.44. The Balaban J connectivity index is 1.93. The van der Waals surface area contributed by atoms with Crippen molar-refractivity contribution in [2.45, 2.75) is 25.1 Å². The number of nitrogens with one attached hydrogen (secondary N) is 1. The first-order valence-corrected chi connectivity index (χ1v) is 8.87. The molecule has 3 nitrogen and oxygen atoms in total. The maximum absolute atomic E-state index is 12.8. The van der Waals surface area contributed by atoms with E-state index in [1.165, 1.54) is 0 Å². The second-order valence-electron chi connectivity index (χ2n) is 6.84. The minimum absolute atomic E-state index is 0.0396. The smallest absolute Gasteiger partial charge is 0.341 e. The van der Waals surface area contributed by atoms with Crippen molar-refractivity contribution in [2.24, 2.45) is 5.92 Å². The molecule has 1 unspecified atom stereocenters. The highest BCUT2D eigenvalue weighted by molar-refractivity contribution is 6.31. The van der Waals surface area contributed by atoms with Crippen molar-refractivity contribution in [3.63, 3.8) is 0 Å². The number of hydrogen-bond donors (Lipinski definition) is 1. The van der Waals surface area contributed by atoms with Gasteiger partial charge in [-0.3, -0.25) is 4.79 Å². The molecule has 1 aliphatic heterocycles. The molecule has 1 aliphatic rings. The Bertz CT molecular complexity index is 801. The van der Waals surface area contributed by atoms with Crippen LogP contribution >= 0.6 is 11.6 Å². The standard InChI is InChI=1S/C19H20ClF3N2O/c1-25-8-6-12(7-9-25)17(24-18(26)19(21,22)23)15-3-2-14-11-16(20)5-4-13(14)10-15/h2-5,10-12,17H,6-9H2,1H3,(H,24,26). The van der Waals surface area contributed by atoms with Crippen molar-refractivity contribution in [3.05, 3.63) is 47.0 Å². The molecule has 1 atom stereocenters. The first-order valence-electron chi connectivity index (χ1n) is 8.49. The van der Waals surface area contributed by atoms with Crippen LogP contribution in [0.5, 0.6) is 0 Å². The van der Waals surface area contributed by atoms with Gasteiger partial charge in [-0.05, 0) is 73.4 Å². The molecule has 1 fully saturated rings. The molecule has 0 aromatic heterocycles. The lowest BCUT2D eigenvalue weighted by Crippen LogP contribution is -2.44. The Morgan fingerprint density at radius 3 is 2.42 bits per heavy atom. The summed E-state index contributed by atoms with van der Waals surface area (Å²) < 4.78 is 38.5. The predicted octanol–water partition coefficient (Wildman–Crippen LogP) is 4.55. The minimum Gasteiger partial charge on any atom is -0.341 e. The highest BCUT2D eigenvalue weighted by atomic mass is 35.5. The molecular formula is C19H20ClF3N2O. The minimum atomic E-state index is -4.89. The molecule has 1 N–H and O–H groups in total. The zero-order chi connectivity index (χ0) is 18.9. The maximum Gasteiger partial charge on any atom is 0.471 e. The lowest BCUT2D eigenvalue weighted by atomic mass is 9.84. The number of likely N-dealkylation sites (tertiary alicyclic amines) is 1. The second kappa shape index (κ2) is 7.45. The molecule has 0 spiro atoms. The lowest BCUT2D eigenvalue weighted by molar-refractivity contribution is -0.175. The van der Waals surface area contributed by atoms with Gasteiger partial charge in [0.1, 0.15) is 0 Å². The summed E-state index contributed by atoms with van der Waals surface area (Å²) in [5.74, 6) is -1.93. The van der Waals surface area contributed by atoms with Crippen molar-refractivity contribution in [2.75, 3.05) is 20.1 Å². The third-order valence-corrected chi connectivity index (χ3v) is 5.20. The summed E-state index contributed by atoms with van der Waals surface area (Å²) >= 11 is 5.99. The maximum atomic E-state index is 12.8. The molecule has 0 saturated carbocycles. The van der Waals surface area contributed by atoms with Crippen LogP contribution in [-0.4, -0.2) is 37.1 Å². The molecule has 140 valence electrons. The molecule has 2 aromatic rings. The number of rotatable bonds is 3. The van der Waals surface area contributed by atoms with E-state index in [4.69, 9.17) is 11.6 Å². The molecule has 0 aliphatic carbocycles. The molecule has 1 heterocycles. The van der Waals surface area contributed by atoms with Gasteiger partial charge >= 0.3 is 12.1 Å². The topological polar surface area (TPSA) is 32.3 Å². The van der Waals surface area contributed by atoms with Gasteiger partial charge in [-0.25, -0.2) is 0 Å². The van der Waals surface area contributed by atoms with Gasteiger partial charge in [-0.1, -0.05) is 29.8 Å². The SMILES string of the molecule is CN1CCC(C(NC(=O)C(F)(F)F)c2ccc3cc(Cl)ccc3c2)CC1. The second-order valence-corrected chi connectivity index (χ2v) is 7.28. The Morgan fingerprint density at radius 1 is 1.15 bits per heavy atom. The summed E-state index contributed by atoms with van der Waals surface area (Å²) in [7, 11) is 1.99. The van der Waals surface area contributed by atoms with E-state index in [1.54, 1.807) is 18.2 Å². The van der Waals surface area contributed by atoms with Gasteiger partial charge in [-0.2, -0.15) is 13.2 Å². The molecule has 3 rings (SSSR count). The van der Waals surface area contributed by atoms with E-state index >= 15 is 0 Å². The number of piperidine rings is 1. The van der Waals surface area contributed by atoms with Crippen LogP contribution in [0, 0.1) is 5.92 Å². The summed E-state index contributed by atoms with van der Waals surface area (Å²) in [5, 5.41) is 4.61. The molecule has 7 heteroatoms. The zero-order valence-electron chi connectivity index (χ0n) is 14.3. The molecule has 0 radical (unpaired) electrons. The lowest BCUT2D eigenvalue weighted by Gasteiger charge is -2.35. The highest BCUT2D eigenvalue weighted by Crippen LogP contribution is 2.33. The fraction of sp³-hybridized carbons (Fsp3) is 0.421. The number of carbonyl (C=O) groups excluding carboxylic acids is 1. The van der Waals surface area contributed by atoms with Crippen LogP contribution in [0.2, 0.25) is 5.02 Å². The van der Waals surface area contributed by atoms with Crippen LogP contribution in [0.15, 0.2) is 36.4 Å². The van der Waals surface area contributed by atoms with Crippen LogP contribution in [-0.2, 0) is 4.79 Å². The summed E-state index contributed by atoms with van der Waals surface area (Å²) in [5.41, 5.74) is 0.687.